The standard InChI is InChI=1S/C21H27N3O4S2/c1-16-7-8-19(29-16)13-24(11-9-17-5-3-2-4-6-17)14-20(25)23-21(26)22-18-10-12-30(27,28)15-18/h2-8,18H,9-15H2,1H3,(H2,22,23,25,26)/t18-/m1/s1. The van der Waals surface area contributed by atoms with Crippen LogP contribution in [0.4, 0.5) is 4.79 Å². The second-order valence-corrected chi connectivity index (χ2v) is 11.2. The number of nitrogens with one attached hydrogen (secondary N) is 2. The molecule has 3 rings (SSSR count). The third-order valence-electron chi connectivity index (χ3n) is 4.92. The summed E-state index contributed by atoms with van der Waals surface area (Å²) in [4.78, 5) is 28.9. The topological polar surface area (TPSA) is 95.6 Å². The van der Waals surface area contributed by atoms with E-state index in [0.717, 1.165) is 11.3 Å². The van der Waals surface area contributed by atoms with Crippen LogP contribution >= 0.6 is 11.3 Å². The van der Waals surface area contributed by atoms with Gasteiger partial charge in [0.1, 0.15) is 0 Å². The molecule has 0 bridgehead atoms. The van der Waals surface area contributed by atoms with Crippen LogP contribution < -0.4 is 10.6 Å². The first kappa shape index (κ1) is 22.5. The maximum absolute atomic E-state index is 12.4. The van der Waals surface area contributed by atoms with Gasteiger partial charge in [-0.1, -0.05) is 30.3 Å². The molecule has 0 aliphatic carbocycles. The van der Waals surface area contributed by atoms with Crippen LogP contribution in [0.15, 0.2) is 42.5 Å². The van der Waals surface area contributed by atoms with Gasteiger partial charge in [0.15, 0.2) is 9.84 Å². The van der Waals surface area contributed by atoms with E-state index in [0.29, 0.717) is 19.5 Å². The minimum absolute atomic E-state index is 0.0688. The first-order chi connectivity index (χ1) is 14.3. The predicted octanol–water partition coefficient (Wildman–Crippen LogP) is 2.11. The summed E-state index contributed by atoms with van der Waals surface area (Å²) in [6, 6.07) is 13.1. The van der Waals surface area contributed by atoms with Gasteiger partial charge in [-0.15, -0.1) is 11.3 Å². The Bertz CT molecular complexity index is 973. The summed E-state index contributed by atoms with van der Waals surface area (Å²) >= 11 is 1.69. The molecule has 1 atom stereocenters. The zero-order valence-corrected chi connectivity index (χ0v) is 18.6. The average molecular weight is 450 g/mol. The lowest BCUT2D eigenvalue weighted by molar-refractivity contribution is -0.121. The lowest BCUT2D eigenvalue weighted by Crippen LogP contribution is -2.48. The van der Waals surface area contributed by atoms with E-state index < -0.39 is 27.8 Å². The van der Waals surface area contributed by atoms with E-state index in [1.807, 2.05) is 30.0 Å². The van der Waals surface area contributed by atoms with Gasteiger partial charge >= 0.3 is 6.03 Å². The number of imide groups is 1. The van der Waals surface area contributed by atoms with Crippen molar-refractivity contribution >= 4 is 33.1 Å². The van der Waals surface area contributed by atoms with Crippen LogP contribution in [-0.2, 0) is 27.6 Å². The van der Waals surface area contributed by atoms with Crippen LogP contribution in [-0.4, -0.2) is 55.9 Å². The first-order valence-electron chi connectivity index (χ1n) is 9.91. The van der Waals surface area contributed by atoms with Crippen molar-refractivity contribution in [2.24, 2.45) is 0 Å². The van der Waals surface area contributed by atoms with Gasteiger partial charge in [-0.3, -0.25) is 15.0 Å². The molecule has 2 N–H and O–H groups in total. The molecule has 7 nitrogen and oxygen atoms in total. The van der Waals surface area contributed by atoms with Crippen LogP contribution in [0.5, 0.6) is 0 Å². The van der Waals surface area contributed by atoms with Crippen molar-refractivity contribution in [1.82, 2.24) is 15.5 Å². The van der Waals surface area contributed by atoms with Crippen molar-refractivity contribution in [3.63, 3.8) is 0 Å². The monoisotopic (exact) mass is 449 g/mol. The molecular formula is C21H27N3O4S2. The van der Waals surface area contributed by atoms with E-state index in [1.54, 1.807) is 11.3 Å². The molecule has 1 saturated heterocycles. The van der Waals surface area contributed by atoms with E-state index in [2.05, 4.69) is 34.9 Å². The molecule has 1 fully saturated rings. The second-order valence-electron chi connectivity index (χ2n) is 7.58. The zero-order valence-electron chi connectivity index (χ0n) is 17.0. The second kappa shape index (κ2) is 10.2. The molecule has 3 amide bonds. The Hall–Kier alpha value is -2.23. The molecule has 0 unspecified atom stereocenters. The van der Waals surface area contributed by atoms with E-state index in [-0.39, 0.29) is 18.1 Å². The summed E-state index contributed by atoms with van der Waals surface area (Å²) in [5.41, 5.74) is 1.19. The van der Waals surface area contributed by atoms with E-state index in [1.165, 1.54) is 10.4 Å². The van der Waals surface area contributed by atoms with Gasteiger partial charge in [-0.2, -0.15) is 0 Å². The number of benzene rings is 1. The molecule has 1 aromatic carbocycles. The Morgan fingerprint density at radius 1 is 1.17 bits per heavy atom. The molecule has 1 aliphatic rings. The van der Waals surface area contributed by atoms with E-state index in [9.17, 15) is 18.0 Å². The Balaban J connectivity index is 1.54. The lowest BCUT2D eigenvalue weighted by Gasteiger charge is -2.21. The molecule has 1 aliphatic heterocycles. The summed E-state index contributed by atoms with van der Waals surface area (Å²) in [6.45, 7) is 3.43. The van der Waals surface area contributed by atoms with E-state index in [4.69, 9.17) is 0 Å². The van der Waals surface area contributed by atoms with Gasteiger partial charge < -0.3 is 5.32 Å². The highest BCUT2D eigenvalue weighted by molar-refractivity contribution is 7.91. The van der Waals surface area contributed by atoms with Crippen LogP contribution in [0.2, 0.25) is 0 Å². The number of aryl methyl sites for hydroxylation is 1. The predicted molar refractivity (Wildman–Crippen MR) is 118 cm³/mol. The average Bonchev–Trinajstić information content (AvgIpc) is 3.24. The molecular weight excluding hydrogens is 422 g/mol. The van der Waals surface area contributed by atoms with E-state index >= 15 is 0 Å². The molecule has 9 heteroatoms. The maximum atomic E-state index is 12.4. The fraction of sp³-hybridized carbons (Fsp3) is 0.429. The molecule has 2 aromatic rings. The largest absolute Gasteiger partial charge is 0.334 e. The highest BCUT2D eigenvalue weighted by Crippen LogP contribution is 2.17. The number of carbonyl (C=O) groups is 2. The molecule has 0 saturated carbocycles. The Morgan fingerprint density at radius 3 is 2.57 bits per heavy atom. The number of hydrogen-bond acceptors (Lipinski definition) is 6. The number of urea groups is 1. The summed E-state index contributed by atoms with van der Waals surface area (Å²) in [5, 5.41) is 4.91. The minimum atomic E-state index is -3.09. The summed E-state index contributed by atoms with van der Waals surface area (Å²) < 4.78 is 23.0. The number of sulfone groups is 1. The number of thiophene rings is 1. The van der Waals surface area contributed by atoms with Crippen molar-refractivity contribution in [1.29, 1.82) is 0 Å². The van der Waals surface area contributed by atoms with Gasteiger partial charge in [-0.25, -0.2) is 13.2 Å². The van der Waals surface area contributed by atoms with Crippen LogP contribution in [0.3, 0.4) is 0 Å². The molecule has 0 radical (unpaired) electrons. The Morgan fingerprint density at radius 2 is 1.93 bits per heavy atom. The molecule has 30 heavy (non-hydrogen) atoms. The highest BCUT2D eigenvalue weighted by atomic mass is 32.2. The fourth-order valence-electron chi connectivity index (χ4n) is 3.44. The number of carbonyl (C=O) groups excluding carboxylic acids is 2. The Labute approximate surface area is 181 Å². The summed E-state index contributed by atoms with van der Waals surface area (Å²) in [6.07, 6.45) is 1.18. The summed E-state index contributed by atoms with van der Waals surface area (Å²) in [7, 11) is -3.09. The SMILES string of the molecule is Cc1ccc(CN(CCc2ccccc2)CC(=O)NC(=O)N[C@@H]2CCS(=O)(=O)C2)s1. The zero-order chi connectivity index (χ0) is 21.6. The van der Waals surface area contributed by atoms with Crippen molar-refractivity contribution in [3.8, 4) is 0 Å². The molecule has 0 spiro atoms. The third kappa shape index (κ3) is 7.23. The first-order valence-corrected chi connectivity index (χ1v) is 12.6. The van der Waals surface area contributed by atoms with Gasteiger partial charge in [0.05, 0.1) is 18.1 Å². The fourth-order valence-corrected chi connectivity index (χ4v) is 6.04. The molecule has 2 heterocycles. The van der Waals surface area contributed by atoms with Crippen molar-refractivity contribution in [3.05, 3.63) is 57.8 Å². The van der Waals surface area contributed by atoms with Crippen LogP contribution in [0.25, 0.3) is 0 Å². The quantitative estimate of drug-likeness (QED) is 0.644. The van der Waals surface area contributed by atoms with Gasteiger partial charge in [0.2, 0.25) is 5.91 Å². The summed E-state index contributed by atoms with van der Waals surface area (Å²) in [5.74, 6) is -0.413. The van der Waals surface area contributed by atoms with Crippen LogP contribution in [0, 0.1) is 6.92 Å². The normalized spacial score (nSPS) is 17.7. The third-order valence-corrected chi connectivity index (χ3v) is 7.68. The number of rotatable bonds is 8. The number of nitrogens with zero attached hydrogens (tertiary/aromatic N) is 1. The van der Waals surface area contributed by atoms with Gasteiger partial charge in [0.25, 0.3) is 0 Å². The lowest BCUT2D eigenvalue weighted by atomic mass is 10.1. The molecule has 162 valence electrons. The van der Waals surface area contributed by atoms with Crippen molar-refractivity contribution in [2.45, 2.75) is 32.4 Å². The minimum Gasteiger partial charge on any atom is -0.334 e. The van der Waals surface area contributed by atoms with Gasteiger partial charge in [0, 0.05) is 28.9 Å². The smallest absolute Gasteiger partial charge is 0.321 e. The number of hydrogen-bond donors (Lipinski definition) is 2. The van der Waals surface area contributed by atoms with Crippen molar-refractivity contribution < 1.29 is 18.0 Å². The highest BCUT2D eigenvalue weighted by Gasteiger charge is 2.29. The Kier molecular flexibility index (Phi) is 7.63. The number of amides is 3. The maximum Gasteiger partial charge on any atom is 0.321 e. The molecule has 1 aromatic heterocycles. The van der Waals surface area contributed by atoms with Crippen molar-refractivity contribution in [2.75, 3.05) is 24.6 Å². The van der Waals surface area contributed by atoms with Crippen LogP contribution in [0.1, 0.15) is 21.7 Å². The van der Waals surface area contributed by atoms with Gasteiger partial charge in [-0.05, 0) is 37.5 Å².